The number of para-hydroxylation sites is 1. The van der Waals surface area contributed by atoms with E-state index < -0.39 is 11.9 Å². The van der Waals surface area contributed by atoms with E-state index in [1.54, 1.807) is 19.2 Å². The Morgan fingerprint density at radius 1 is 1.07 bits per heavy atom. The van der Waals surface area contributed by atoms with E-state index in [-0.39, 0.29) is 37.4 Å². The summed E-state index contributed by atoms with van der Waals surface area (Å²) in [4.78, 5) is 41.0. The lowest BCUT2D eigenvalue weighted by Gasteiger charge is -2.17. The molecule has 1 amide bonds. The third-order valence-electron chi connectivity index (χ3n) is 5.06. The Labute approximate surface area is 179 Å². The first-order valence-electron chi connectivity index (χ1n) is 9.66. The SMILES string of the molecule is CN(C(=O)CCC(=O)C[C@H](Cc1cc2cc(Cl)ccc2[nH]1)C(=O)O)c1ccccc1. The maximum atomic E-state index is 12.4. The van der Waals surface area contributed by atoms with E-state index in [0.29, 0.717) is 5.02 Å². The molecule has 0 bridgehead atoms. The highest BCUT2D eigenvalue weighted by Gasteiger charge is 2.23. The van der Waals surface area contributed by atoms with Gasteiger partial charge < -0.3 is 15.0 Å². The number of anilines is 1. The number of carbonyl (C=O) groups excluding carboxylic acids is 2. The van der Waals surface area contributed by atoms with Crippen LogP contribution in [0.2, 0.25) is 5.02 Å². The predicted molar refractivity (Wildman–Crippen MR) is 117 cm³/mol. The highest BCUT2D eigenvalue weighted by atomic mass is 35.5. The van der Waals surface area contributed by atoms with Crippen molar-refractivity contribution >= 4 is 45.9 Å². The van der Waals surface area contributed by atoms with Crippen molar-refractivity contribution in [1.82, 2.24) is 4.98 Å². The van der Waals surface area contributed by atoms with Gasteiger partial charge in [0, 0.05) is 60.0 Å². The molecule has 0 aliphatic rings. The summed E-state index contributed by atoms with van der Waals surface area (Å²) in [6, 6.07) is 16.4. The summed E-state index contributed by atoms with van der Waals surface area (Å²) in [5, 5.41) is 11.0. The molecule has 7 heteroatoms. The number of H-pyrrole nitrogens is 1. The summed E-state index contributed by atoms with van der Waals surface area (Å²) in [6.45, 7) is 0. The lowest BCUT2D eigenvalue weighted by atomic mass is 9.95. The van der Waals surface area contributed by atoms with E-state index in [1.165, 1.54) is 4.90 Å². The zero-order chi connectivity index (χ0) is 21.7. The van der Waals surface area contributed by atoms with Gasteiger partial charge in [0.2, 0.25) is 5.91 Å². The highest BCUT2D eigenvalue weighted by Crippen LogP contribution is 2.23. The number of carbonyl (C=O) groups is 3. The number of Topliss-reactive ketones (excluding diaryl/α,β-unsaturated/α-hetero) is 1. The molecule has 0 saturated heterocycles. The maximum Gasteiger partial charge on any atom is 0.307 e. The fraction of sp³-hybridized carbons (Fsp3) is 0.261. The van der Waals surface area contributed by atoms with Crippen LogP contribution in [0.5, 0.6) is 0 Å². The summed E-state index contributed by atoms with van der Waals surface area (Å²) in [5.74, 6) is -2.32. The summed E-state index contributed by atoms with van der Waals surface area (Å²) < 4.78 is 0. The van der Waals surface area contributed by atoms with E-state index in [4.69, 9.17) is 11.6 Å². The summed E-state index contributed by atoms with van der Waals surface area (Å²) in [7, 11) is 1.66. The van der Waals surface area contributed by atoms with Gasteiger partial charge in [0.15, 0.2) is 0 Å². The number of hydrogen-bond donors (Lipinski definition) is 2. The first-order valence-corrected chi connectivity index (χ1v) is 10.0. The second-order valence-corrected chi connectivity index (χ2v) is 7.73. The number of carboxylic acids is 1. The van der Waals surface area contributed by atoms with Gasteiger partial charge in [0.05, 0.1) is 5.92 Å². The van der Waals surface area contributed by atoms with Crippen LogP contribution in [-0.4, -0.2) is 34.8 Å². The zero-order valence-corrected chi connectivity index (χ0v) is 17.4. The number of aliphatic carboxylic acids is 1. The smallest absolute Gasteiger partial charge is 0.307 e. The van der Waals surface area contributed by atoms with Crippen LogP contribution in [0.25, 0.3) is 10.9 Å². The second kappa shape index (κ2) is 9.59. The number of rotatable bonds is 9. The number of hydrogen-bond acceptors (Lipinski definition) is 3. The van der Waals surface area contributed by atoms with Gasteiger partial charge in [-0.15, -0.1) is 0 Å². The van der Waals surface area contributed by atoms with Gasteiger partial charge in [-0.05, 0) is 36.4 Å². The van der Waals surface area contributed by atoms with E-state index in [2.05, 4.69) is 4.98 Å². The van der Waals surface area contributed by atoms with E-state index in [1.807, 2.05) is 42.5 Å². The standard InChI is InChI=1S/C23H23ClN2O4/c1-26(19-5-3-2-4-6-19)22(28)10-8-20(27)14-16(23(29)30)13-18-12-15-11-17(24)7-9-21(15)25-18/h2-7,9,11-12,16,25H,8,10,13-14H2,1H3,(H,29,30)/t16-/m0/s1. The molecule has 0 spiro atoms. The van der Waals surface area contributed by atoms with Gasteiger partial charge in [-0.3, -0.25) is 14.4 Å². The Kier molecular flexibility index (Phi) is 6.90. The predicted octanol–water partition coefficient (Wildman–Crippen LogP) is 4.47. The Morgan fingerprint density at radius 3 is 2.50 bits per heavy atom. The fourth-order valence-electron chi connectivity index (χ4n) is 3.37. The third kappa shape index (κ3) is 5.48. The van der Waals surface area contributed by atoms with Crippen molar-refractivity contribution in [3.05, 3.63) is 65.3 Å². The second-order valence-electron chi connectivity index (χ2n) is 7.30. The van der Waals surface area contributed by atoms with E-state index in [0.717, 1.165) is 22.3 Å². The molecule has 3 aromatic rings. The molecule has 0 saturated carbocycles. The number of amides is 1. The van der Waals surface area contributed by atoms with Gasteiger partial charge in [-0.1, -0.05) is 29.8 Å². The van der Waals surface area contributed by atoms with Crippen LogP contribution in [0.15, 0.2) is 54.6 Å². The number of ketones is 1. The van der Waals surface area contributed by atoms with Gasteiger partial charge in [-0.2, -0.15) is 0 Å². The Bertz CT molecular complexity index is 1060. The summed E-state index contributed by atoms with van der Waals surface area (Å²) >= 11 is 5.99. The van der Waals surface area contributed by atoms with Crippen molar-refractivity contribution in [2.75, 3.05) is 11.9 Å². The number of carboxylic acid groups (broad SMARTS) is 1. The van der Waals surface area contributed by atoms with Crippen molar-refractivity contribution < 1.29 is 19.5 Å². The minimum atomic E-state index is -1.03. The van der Waals surface area contributed by atoms with E-state index >= 15 is 0 Å². The third-order valence-corrected chi connectivity index (χ3v) is 5.30. The minimum absolute atomic E-state index is 0.0160. The molecule has 0 unspecified atom stereocenters. The van der Waals surface area contributed by atoms with Crippen LogP contribution in [0, 0.1) is 5.92 Å². The first kappa shape index (κ1) is 21.6. The molecule has 0 fully saturated rings. The molecule has 0 aliphatic heterocycles. The number of nitrogens with zero attached hydrogens (tertiary/aromatic N) is 1. The number of nitrogens with one attached hydrogen (secondary N) is 1. The first-order chi connectivity index (χ1) is 14.3. The quantitative estimate of drug-likeness (QED) is 0.528. The summed E-state index contributed by atoms with van der Waals surface area (Å²) in [6.07, 6.45) is 0.141. The van der Waals surface area contributed by atoms with Gasteiger partial charge in [0.1, 0.15) is 5.78 Å². The average Bonchev–Trinajstić information content (AvgIpc) is 3.13. The van der Waals surface area contributed by atoms with Crippen molar-refractivity contribution in [2.24, 2.45) is 5.92 Å². The van der Waals surface area contributed by atoms with Crippen LogP contribution in [0.1, 0.15) is 25.0 Å². The molecule has 3 rings (SSSR count). The maximum absolute atomic E-state index is 12.4. The monoisotopic (exact) mass is 426 g/mol. The largest absolute Gasteiger partial charge is 0.481 e. The number of aromatic amines is 1. The van der Waals surface area contributed by atoms with Crippen molar-refractivity contribution in [1.29, 1.82) is 0 Å². The number of fused-ring (bicyclic) bond motifs is 1. The van der Waals surface area contributed by atoms with Crippen LogP contribution in [0.3, 0.4) is 0 Å². The lowest BCUT2D eigenvalue weighted by Crippen LogP contribution is -2.27. The molecule has 156 valence electrons. The molecular weight excluding hydrogens is 404 g/mol. The molecule has 6 nitrogen and oxygen atoms in total. The fourth-order valence-corrected chi connectivity index (χ4v) is 3.55. The van der Waals surface area contributed by atoms with Gasteiger partial charge in [0.25, 0.3) is 0 Å². The Morgan fingerprint density at radius 2 is 1.80 bits per heavy atom. The molecule has 30 heavy (non-hydrogen) atoms. The average molecular weight is 427 g/mol. The van der Waals surface area contributed by atoms with Crippen LogP contribution < -0.4 is 4.90 Å². The van der Waals surface area contributed by atoms with Crippen LogP contribution in [0.4, 0.5) is 5.69 Å². The number of benzene rings is 2. The van der Waals surface area contributed by atoms with Gasteiger partial charge in [-0.25, -0.2) is 0 Å². The molecule has 2 N–H and O–H groups in total. The van der Waals surface area contributed by atoms with E-state index in [9.17, 15) is 19.5 Å². The Hall–Kier alpha value is -3.12. The normalized spacial score (nSPS) is 11.9. The molecule has 2 aromatic carbocycles. The number of aromatic nitrogens is 1. The van der Waals surface area contributed by atoms with Crippen molar-refractivity contribution in [3.8, 4) is 0 Å². The number of halogens is 1. The van der Waals surface area contributed by atoms with Crippen molar-refractivity contribution in [2.45, 2.75) is 25.7 Å². The highest BCUT2D eigenvalue weighted by molar-refractivity contribution is 6.31. The lowest BCUT2D eigenvalue weighted by molar-refractivity contribution is -0.143. The Balaban J connectivity index is 1.57. The molecular formula is C23H23ClN2O4. The molecule has 0 aliphatic carbocycles. The molecule has 1 heterocycles. The van der Waals surface area contributed by atoms with Crippen molar-refractivity contribution in [3.63, 3.8) is 0 Å². The minimum Gasteiger partial charge on any atom is -0.481 e. The van der Waals surface area contributed by atoms with Gasteiger partial charge >= 0.3 is 5.97 Å². The van der Waals surface area contributed by atoms with Crippen LogP contribution in [-0.2, 0) is 20.8 Å². The molecule has 0 radical (unpaired) electrons. The molecule has 1 atom stereocenters. The topological polar surface area (TPSA) is 90.5 Å². The van der Waals surface area contributed by atoms with Crippen LogP contribution >= 0.6 is 11.6 Å². The summed E-state index contributed by atoms with van der Waals surface area (Å²) in [5.41, 5.74) is 2.34. The zero-order valence-electron chi connectivity index (χ0n) is 16.6. The molecule has 1 aromatic heterocycles.